The zero-order valence-electron chi connectivity index (χ0n) is 7.66. The molecule has 1 aliphatic rings. The van der Waals surface area contributed by atoms with E-state index in [2.05, 4.69) is 10.6 Å². The fourth-order valence-corrected chi connectivity index (χ4v) is 1.59. The Kier molecular flexibility index (Phi) is 3.65. The Morgan fingerprint density at radius 2 is 2.38 bits per heavy atom. The smallest absolute Gasteiger partial charge is 0.217 e. The van der Waals surface area contributed by atoms with Gasteiger partial charge < -0.3 is 20.8 Å². The van der Waals surface area contributed by atoms with Crippen molar-refractivity contribution in [2.45, 2.75) is 31.5 Å². The first-order valence-corrected chi connectivity index (χ1v) is 4.44. The molecule has 5 nitrogen and oxygen atoms in total. The number of carbonyl (C=O) groups excluding carboxylic acids is 1. The van der Waals surface area contributed by atoms with Gasteiger partial charge in [0.1, 0.15) is 0 Å². The molecule has 13 heavy (non-hydrogen) atoms. The summed E-state index contributed by atoms with van der Waals surface area (Å²) >= 11 is 0. The summed E-state index contributed by atoms with van der Waals surface area (Å²) in [7, 11) is 0. The van der Waals surface area contributed by atoms with E-state index in [1.54, 1.807) is 0 Å². The van der Waals surface area contributed by atoms with Crippen molar-refractivity contribution in [1.82, 2.24) is 10.6 Å². The van der Waals surface area contributed by atoms with Gasteiger partial charge in [-0.15, -0.1) is 0 Å². The lowest BCUT2D eigenvalue weighted by molar-refractivity contribution is -0.121. The molecule has 0 aliphatic carbocycles. The van der Waals surface area contributed by atoms with E-state index < -0.39 is 6.10 Å². The van der Waals surface area contributed by atoms with Gasteiger partial charge in [0.2, 0.25) is 5.91 Å². The molecule has 5 heteroatoms. The number of piperidine rings is 1. The monoisotopic (exact) mass is 188 g/mol. The molecule has 1 rings (SSSR count). The van der Waals surface area contributed by atoms with Crippen LogP contribution in [0.3, 0.4) is 0 Å². The van der Waals surface area contributed by atoms with Crippen molar-refractivity contribution in [2.75, 3.05) is 13.2 Å². The highest BCUT2D eigenvalue weighted by molar-refractivity contribution is 5.73. The molecule has 0 unspecified atom stereocenters. The third kappa shape index (κ3) is 2.65. The first kappa shape index (κ1) is 10.4. The van der Waals surface area contributed by atoms with Gasteiger partial charge in [0.05, 0.1) is 24.8 Å². The molecule has 0 radical (unpaired) electrons. The van der Waals surface area contributed by atoms with Crippen LogP contribution in [0.5, 0.6) is 0 Å². The van der Waals surface area contributed by atoms with Crippen molar-refractivity contribution in [3.05, 3.63) is 0 Å². The molecule has 0 aromatic rings. The number of amides is 1. The Hall–Kier alpha value is -0.650. The van der Waals surface area contributed by atoms with E-state index in [0.29, 0.717) is 13.0 Å². The molecule has 76 valence electrons. The standard InChI is InChI=1S/C8H16N2O3/c1-5(12)10-6-2-3-9-7(4-11)8(6)13/h6-9,11,13H,2-4H2,1H3,(H,10,12)/t6-,7+,8-/m0/s1. The highest BCUT2D eigenvalue weighted by atomic mass is 16.3. The molecule has 0 aromatic carbocycles. The summed E-state index contributed by atoms with van der Waals surface area (Å²) in [5.74, 6) is -0.150. The Balaban J connectivity index is 2.49. The molecular weight excluding hydrogens is 172 g/mol. The number of aliphatic hydroxyl groups is 2. The molecule has 1 heterocycles. The predicted octanol–water partition coefficient (Wildman–Crippen LogP) is -1.79. The Labute approximate surface area is 77.1 Å². The van der Waals surface area contributed by atoms with Crippen molar-refractivity contribution in [3.8, 4) is 0 Å². The van der Waals surface area contributed by atoms with Gasteiger partial charge in [-0.1, -0.05) is 0 Å². The van der Waals surface area contributed by atoms with Crippen LogP contribution in [-0.4, -0.2) is 47.5 Å². The summed E-state index contributed by atoms with van der Waals surface area (Å²) < 4.78 is 0. The number of hydrogen-bond donors (Lipinski definition) is 4. The van der Waals surface area contributed by atoms with E-state index >= 15 is 0 Å². The highest BCUT2D eigenvalue weighted by Gasteiger charge is 2.31. The second-order valence-corrected chi connectivity index (χ2v) is 3.33. The van der Waals surface area contributed by atoms with Crippen LogP contribution in [-0.2, 0) is 4.79 Å². The molecule has 1 aliphatic heterocycles. The summed E-state index contributed by atoms with van der Waals surface area (Å²) in [6, 6.07) is -0.568. The summed E-state index contributed by atoms with van der Waals surface area (Å²) in [6.07, 6.45) is -0.0142. The molecular formula is C8H16N2O3. The lowest BCUT2D eigenvalue weighted by Gasteiger charge is -2.34. The summed E-state index contributed by atoms with van der Waals surface area (Å²) in [4.78, 5) is 10.7. The fourth-order valence-electron chi connectivity index (χ4n) is 1.59. The quantitative estimate of drug-likeness (QED) is 0.412. The lowest BCUT2D eigenvalue weighted by atomic mass is 9.96. The molecule has 0 bridgehead atoms. The average molecular weight is 188 g/mol. The number of rotatable bonds is 2. The van der Waals surface area contributed by atoms with Crippen molar-refractivity contribution in [2.24, 2.45) is 0 Å². The van der Waals surface area contributed by atoms with Crippen LogP contribution in [0, 0.1) is 0 Å². The first-order chi connectivity index (χ1) is 6.15. The molecule has 1 fully saturated rings. The van der Waals surface area contributed by atoms with Crippen molar-refractivity contribution >= 4 is 5.91 Å². The number of carbonyl (C=O) groups is 1. The number of hydrogen-bond acceptors (Lipinski definition) is 4. The summed E-state index contributed by atoms with van der Waals surface area (Å²) in [5, 5.41) is 24.1. The maximum Gasteiger partial charge on any atom is 0.217 e. The van der Waals surface area contributed by atoms with Crippen LogP contribution in [0.25, 0.3) is 0 Å². The van der Waals surface area contributed by atoms with Gasteiger partial charge in [-0.2, -0.15) is 0 Å². The van der Waals surface area contributed by atoms with Crippen molar-refractivity contribution < 1.29 is 15.0 Å². The van der Waals surface area contributed by atoms with Crippen LogP contribution in [0.1, 0.15) is 13.3 Å². The third-order valence-corrected chi connectivity index (χ3v) is 2.27. The zero-order chi connectivity index (χ0) is 9.84. The fraction of sp³-hybridized carbons (Fsp3) is 0.875. The Morgan fingerprint density at radius 3 is 2.92 bits per heavy atom. The Bertz CT molecular complexity index is 186. The van der Waals surface area contributed by atoms with E-state index in [4.69, 9.17) is 5.11 Å². The Morgan fingerprint density at radius 1 is 1.69 bits per heavy atom. The van der Waals surface area contributed by atoms with Crippen LogP contribution < -0.4 is 10.6 Å². The minimum absolute atomic E-state index is 0.114. The van der Waals surface area contributed by atoms with Crippen LogP contribution in [0.2, 0.25) is 0 Å². The molecule has 4 N–H and O–H groups in total. The minimum Gasteiger partial charge on any atom is -0.395 e. The molecule has 3 atom stereocenters. The largest absolute Gasteiger partial charge is 0.395 e. The van der Waals surface area contributed by atoms with Gasteiger partial charge in [0.15, 0.2) is 0 Å². The molecule has 1 saturated heterocycles. The van der Waals surface area contributed by atoms with Gasteiger partial charge >= 0.3 is 0 Å². The van der Waals surface area contributed by atoms with Crippen molar-refractivity contribution in [3.63, 3.8) is 0 Å². The van der Waals surface area contributed by atoms with E-state index in [0.717, 1.165) is 0 Å². The normalized spacial score (nSPS) is 34.2. The number of nitrogens with one attached hydrogen (secondary N) is 2. The molecule has 0 saturated carbocycles. The molecule has 0 spiro atoms. The van der Waals surface area contributed by atoms with Gasteiger partial charge in [0, 0.05) is 6.92 Å². The first-order valence-electron chi connectivity index (χ1n) is 4.44. The SMILES string of the molecule is CC(=O)N[C@H]1CCN[C@H](CO)[C@H]1O. The van der Waals surface area contributed by atoms with E-state index in [-0.39, 0.29) is 24.6 Å². The molecule has 0 aromatic heterocycles. The lowest BCUT2D eigenvalue weighted by Crippen LogP contribution is -2.59. The van der Waals surface area contributed by atoms with E-state index in [1.807, 2.05) is 0 Å². The van der Waals surface area contributed by atoms with Gasteiger partial charge in [-0.25, -0.2) is 0 Å². The molecule has 1 amide bonds. The highest BCUT2D eigenvalue weighted by Crippen LogP contribution is 2.09. The maximum atomic E-state index is 10.7. The summed E-state index contributed by atoms with van der Waals surface area (Å²) in [6.45, 7) is 2.01. The van der Waals surface area contributed by atoms with Crippen LogP contribution in [0.15, 0.2) is 0 Å². The van der Waals surface area contributed by atoms with Gasteiger partial charge in [-0.3, -0.25) is 4.79 Å². The zero-order valence-corrected chi connectivity index (χ0v) is 7.66. The second kappa shape index (κ2) is 4.55. The summed E-state index contributed by atoms with van der Waals surface area (Å²) in [5.41, 5.74) is 0. The number of aliphatic hydroxyl groups excluding tert-OH is 2. The topological polar surface area (TPSA) is 81.6 Å². The van der Waals surface area contributed by atoms with E-state index in [9.17, 15) is 9.90 Å². The van der Waals surface area contributed by atoms with Crippen LogP contribution >= 0.6 is 0 Å². The predicted molar refractivity (Wildman–Crippen MR) is 47.1 cm³/mol. The van der Waals surface area contributed by atoms with Gasteiger partial charge in [-0.05, 0) is 13.0 Å². The maximum absolute atomic E-state index is 10.7. The average Bonchev–Trinajstić information content (AvgIpc) is 2.08. The van der Waals surface area contributed by atoms with E-state index in [1.165, 1.54) is 6.92 Å². The van der Waals surface area contributed by atoms with Crippen molar-refractivity contribution in [1.29, 1.82) is 0 Å². The minimum atomic E-state index is -0.706. The second-order valence-electron chi connectivity index (χ2n) is 3.33. The van der Waals surface area contributed by atoms with Crippen LogP contribution in [0.4, 0.5) is 0 Å². The van der Waals surface area contributed by atoms with Gasteiger partial charge in [0.25, 0.3) is 0 Å². The third-order valence-electron chi connectivity index (χ3n) is 2.27.